The molecular formula is C28H26ClN3O4. The standard InChI is InChI=1S/C28H26ClN3O4/c29-20-9-10-23-24(16-20)36-26(27(30)33)25(23)31-28(34)19-7-4-8-22(15-19)35-21-11-13-32(14-12-21)17-18-5-2-1-3-6-18/h1-10,15-16,21H,11-14,17H2,(H2,30,33)(H,31,34). The lowest BCUT2D eigenvalue weighted by molar-refractivity contribution is 0.0959. The van der Waals surface area contributed by atoms with E-state index in [4.69, 9.17) is 26.5 Å². The zero-order valence-corrected chi connectivity index (χ0v) is 20.3. The maximum Gasteiger partial charge on any atom is 0.286 e. The summed E-state index contributed by atoms with van der Waals surface area (Å²) in [5.74, 6) is -0.690. The maximum atomic E-state index is 13.1. The summed E-state index contributed by atoms with van der Waals surface area (Å²) >= 11 is 6.02. The number of halogens is 1. The molecule has 0 atom stereocenters. The van der Waals surface area contributed by atoms with Crippen LogP contribution in [0.3, 0.4) is 0 Å². The van der Waals surface area contributed by atoms with Crippen molar-refractivity contribution in [2.24, 2.45) is 5.73 Å². The smallest absolute Gasteiger partial charge is 0.286 e. The molecule has 0 aliphatic carbocycles. The molecule has 0 spiro atoms. The molecule has 4 aromatic rings. The van der Waals surface area contributed by atoms with Crippen molar-refractivity contribution in [3.05, 3.63) is 94.7 Å². The summed E-state index contributed by atoms with van der Waals surface area (Å²) < 4.78 is 11.8. The van der Waals surface area contributed by atoms with E-state index in [0.29, 0.717) is 27.3 Å². The monoisotopic (exact) mass is 503 g/mol. The lowest BCUT2D eigenvalue weighted by atomic mass is 10.1. The number of nitrogens with zero attached hydrogens (tertiary/aromatic N) is 1. The van der Waals surface area contributed by atoms with Crippen LogP contribution in [0.15, 0.2) is 77.2 Å². The van der Waals surface area contributed by atoms with Crippen LogP contribution < -0.4 is 15.8 Å². The van der Waals surface area contributed by atoms with Crippen molar-refractivity contribution in [3.63, 3.8) is 0 Å². The molecule has 1 aromatic heterocycles. The van der Waals surface area contributed by atoms with Gasteiger partial charge in [0, 0.05) is 41.7 Å². The summed E-state index contributed by atoms with van der Waals surface area (Å²) in [7, 11) is 0. The van der Waals surface area contributed by atoms with E-state index in [1.807, 2.05) is 12.1 Å². The third-order valence-electron chi connectivity index (χ3n) is 6.30. The molecule has 2 heterocycles. The minimum Gasteiger partial charge on any atom is -0.490 e. The largest absolute Gasteiger partial charge is 0.490 e. The average molecular weight is 504 g/mol. The van der Waals surface area contributed by atoms with Crippen molar-refractivity contribution in [2.75, 3.05) is 18.4 Å². The van der Waals surface area contributed by atoms with Crippen molar-refractivity contribution in [1.82, 2.24) is 4.90 Å². The highest BCUT2D eigenvalue weighted by Gasteiger charge is 2.23. The van der Waals surface area contributed by atoms with E-state index >= 15 is 0 Å². The zero-order chi connectivity index (χ0) is 25.1. The number of likely N-dealkylation sites (tertiary alicyclic amines) is 1. The van der Waals surface area contributed by atoms with Gasteiger partial charge in [0.05, 0.1) is 0 Å². The van der Waals surface area contributed by atoms with Crippen LogP contribution >= 0.6 is 11.6 Å². The minimum absolute atomic E-state index is 0.0827. The molecule has 0 radical (unpaired) electrons. The zero-order valence-electron chi connectivity index (χ0n) is 19.6. The molecule has 1 fully saturated rings. The molecule has 3 aromatic carbocycles. The highest BCUT2D eigenvalue weighted by molar-refractivity contribution is 6.31. The predicted molar refractivity (Wildman–Crippen MR) is 140 cm³/mol. The van der Waals surface area contributed by atoms with Crippen LogP contribution in [0.5, 0.6) is 5.75 Å². The van der Waals surface area contributed by atoms with Gasteiger partial charge < -0.3 is 20.2 Å². The summed E-state index contributed by atoms with van der Waals surface area (Å²) in [6, 6.07) is 22.4. The van der Waals surface area contributed by atoms with Crippen molar-refractivity contribution in [1.29, 1.82) is 0 Å². The van der Waals surface area contributed by atoms with E-state index < -0.39 is 11.8 Å². The number of furan rings is 1. The van der Waals surface area contributed by atoms with Crippen LogP contribution in [0, 0.1) is 0 Å². The molecule has 8 heteroatoms. The molecule has 1 saturated heterocycles. The van der Waals surface area contributed by atoms with E-state index in [1.165, 1.54) is 5.56 Å². The van der Waals surface area contributed by atoms with E-state index in [0.717, 1.165) is 32.5 Å². The van der Waals surface area contributed by atoms with Crippen molar-refractivity contribution < 1.29 is 18.7 Å². The first-order valence-electron chi connectivity index (χ1n) is 11.8. The SMILES string of the molecule is NC(=O)c1oc2cc(Cl)ccc2c1NC(=O)c1cccc(OC2CCN(Cc3ccccc3)CC2)c1. The van der Waals surface area contributed by atoms with Crippen LogP contribution in [0.4, 0.5) is 5.69 Å². The molecule has 184 valence electrons. The number of carbonyl (C=O) groups is 2. The molecule has 1 aliphatic heterocycles. The van der Waals surface area contributed by atoms with Gasteiger partial charge >= 0.3 is 0 Å². The van der Waals surface area contributed by atoms with Crippen LogP contribution in [0.2, 0.25) is 5.02 Å². The summed E-state index contributed by atoms with van der Waals surface area (Å²) in [6.07, 6.45) is 1.91. The van der Waals surface area contributed by atoms with Crippen molar-refractivity contribution in [2.45, 2.75) is 25.5 Å². The number of hydrogen-bond acceptors (Lipinski definition) is 5. The Bertz CT molecular complexity index is 1390. The average Bonchev–Trinajstić information content (AvgIpc) is 3.23. The summed E-state index contributed by atoms with van der Waals surface area (Å²) in [5, 5.41) is 3.76. The lowest BCUT2D eigenvalue weighted by Crippen LogP contribution is -2.37. The Balaban J connectivity index is 1.24. The molecule has 0 saturated carbocycles. The van der Waals surface area contributed by atoms with E-state index in [1.54, 1.807) is 36.4 Å². The number of piperidine rings is 1. The van der Waals surface area contributed by atoms with Gasteiger partial charge in [-0.15, -0.1) is 0 Å². The van der Waals surface area contributed by atoms with Gasteiger partial charge in [0.15, 0.2) is 0 Å². The Hall–Kier alpha value is -3.81. The molecule has 2 amide bonds. The minimum atomic E-state index is -0.784. The number of carbonyl (C=O) groups excluding carboxylic acids is 2. The molecule has 0 unspecified atom stereocenters. The third kappa shape index (κ3) is 5.37. The van der Waals surface area contributed by atoms with Crippen molar-refractivity contribution >= 4 is 40.1 Å². The topological polar surface area (TPSA) is 97.8 Å². The first-order valence-corrected chi connectivity index (χ1v) is 12.2. The number of nitrogens with two attached hydrogens (primary N) is 1. The quantitative estimate of drug-likeness (QED) is 0.348. The normalized spacial score (nSPS) is 14.6. The van der Waals surface area contributed by atoms with Crippen LogP contribution in [0.25, 0.3) is 11.0 Å². The molecule has 5 rings (SSSR count). The first-order chi connectivity index (χ1) is 17.5. The van der Waals surface area contributed by atoms with Gasteiger partial charge in [-0.3, -0.25) is 14.5 Å². The van der Waals surface area contributed by atoms with Gasteiger partial charge in [0.2, 0.25) is 5.76 Å². The second-order valence-corrected chi connectivity index (χ2v) is 9.31. The van der Waals surface area contributed by atoms with Crippen LogP contribution in [-0.4, -0.2) is 35.9 Å². The Morgan fingerprint density at radius 2 is 1.81 bits per heavy atom. The first kappa shape index (κ1) is 23.9. The second kappa shape index (κ2) is 10.4. The second-order valence-electron chi connectivity index (χ2n) is 8.87. The Morgan fingerprint density at radius 3 is 2.56 bits per heavy atom. The van der Waals surface area contributed by atoms with Crippen LogP contribution in [-0.2, 0) is 6.54 Å². The van der Waals surface area contributed by atoms with Gasteiger partial charge in [-0.2, -0.15) is 0 Å². The summed E-state index contributed by atoms with van der Waals surface area (Å²) in [4.78, 5) is 27.4. The Kier molecular flexibility index (Phi) is 6.93. The predicted octanol–water partition coefficient (Wildman–Crippen LogP) is 5.48. The van der Waals surface area contributed by atoms with E-state index in [-0.39, 0.29) is 17.6 Å². The highest BCUT2D eigenvalue weighted by Crippen LogP contribution is 2.33. The molecule has 7 nitrogen and oxygen atoms in total. The Labute approximate surface area is 213 Å². The van der Waals surface area contributed by atoms with Crippen molar-refractivity contribution in [3.8, 4) is 5.75 Å². The van der Waals surface area contributed by atoms with Gasteiger partial charge in [-0.1, -0.05) is 48.0 Å². The van der Waals surface area contributed by atoms with Gasteiger partial charge in [-0.25, -0.2) is 0 Å². The molecule has 36 heavy (non-hydrogen) atoms. The highest BCUT2D eigenvalue weighted by atomic mass is 35.5. The number of ether oxygens (including phenoxy) is 1. The molecule has 1 aliphatic rings. The van der Waals surface area contributed by atoms with E-state index in [2.05, 4.69) is 34.5 Å². The summed E-state index contributed by atoms with van der Waals surface area (Å²) in [6.45, 7) is 2.84. The third-order valence-corrected chi connectivity index (χ3v) is 6.53. The number of hydrogen-bond donors (Lipinski definition) is 2. The van der Waals surface area contributed by atoms with Gasteiger partial charge in [0.1, 0.15) is 23.1 Å². The fourth-order valence-corrected chi connectivity index (χ4v) is 4.65. The van der Waals surface area contributed by atoms with Gasteiger partial charge in [-0.05, 0) is 48.7 Å². The molecule has 0 bridgehead atoms. The number of amides is 2. The number of rotatable bonds is 7. The Morgan fingerprint density at radius 1 is 1.03 bits per heavy atom. The van der Waals surface area contributed by atoms with Gasteiger partial charge in [0.25, 0.3) is 11.8 Å². The fourth-order valence-electron chi connectivity index (χ4n) is 4.48. The fraction of sp³-hybridized carbons (Fsp3) is 0.214. The number of anilines is 1. The number of fused-ring (bicyclic) bond motifs is 1. The van der Waals surface area contributed by atoms with E-state index in [9.17, 15) is 9.59 Å². The number of benzene rings is 3. The van der Waals surface area contributed by atoms with Crippen LogP contribution in [0.1, 0.15) is 39.3 Å². The lowest BCUT2D eigenvalue weighted by Gasteiger charge is -2.32. The molecule has 3 N–H and O–H groups in total. The number of nitrogens with one attached hydrogen (secondary N) is 1. The summed E-state index contributed by atoms with van der Waals surface area (Å²) in [5.41, 5.74) is 7.76. The number of primary amides is 1. The molecular weight excluding hydrogens is 478 g/mol. The maximum absolute atomic E-state index is 13.1.